The summed E-state index contributed by atoms with van der Waals surface area (Å²) >= 11 is 0. The van der Waals surface area contributed by atoms with Crippen LogP contribution < -0.4 is 10.2 Å². The van der Waals surface area contributed by atoms with E-state index in [1.54, 1.807) is 0 Å². The van der Waals surface area contributed by atoms with E-state index in [0.29, 0.717) is 0 Å². The summed E-state index contributed by atoms with van der Waals surface area (Å²) in [5, 5.41) is 3.41. The molecule has 2 heterocycles. The van der Waals surface area contributed by atoms with E-state index < -0.39 is 0 Å². The van der Waals surface area contributed by atoms with Crippen molar-refractivity contribution < 1.29 is 0 Å². The molecule has 0 saturated carbocycles. The minimum Gasteiger partial charge on any atom is -0.369 e. The first-order valence-electron chi connectivity index (χ1n) is 7.57. The lowest BCUT2D eigenvalue weighted by Crippen LogP contribution is -2.43. The second-order valence-corrected chi connectivity index (χ2v) is 5.91. The van der Waals surface area contributed by atoms with Crippen LogP contribution in [0, 0.1) is 0 Å². The molecule has 3 nitrogen and oxygen atoms in total. The molecule has 3 heteroatoms. The van der Waals surface area contributed by atoms with Gasteiger partial charge in [-0.05, 0) is 56.6 Å². The lowest BCUT2D eigenvalue weighted by Gasteiger charge is -2.31. The van der Waals surface area contributed by atoms with E-state index in [9.17, 15) is 0 Å². The van der Waals surface area contributed by atoms with Gasteiger partial charge < -0.3 is 15.1 Å². The molecule has 0 unspecified atom stereocenters. The molecule has 0 atom stereocenters. The maximum atomic E-state index is 3.41. The van der Waals surface area contributed by atoms with Crippen molar-refractivity contribution in [3.63, 3.8) is 0 Å². The Kier molecular flexibility index (Phi) is 4.04. The first-order chi connectivity index (χ1) is 9.33. The third-order valence-electron chi connectivity index (χ3n) is 4.57. The molecule has 19 heavy (non-hydrogen) atoms. The molecule has 2 aliphatic rings. The maximum absolute atomic E-state index is 3.41. The number of likely N-dealkylation sites (tertiary alicyclic amines) is 1. The van der Waals surface area contributed by atoms with Gasteiger partial charge in [-0.2, -0.15) is 0 Å². The molecule has 0 amide bonds. The summed E-state index contributed by atoms with van der Waals surface area (Å²) in [6, 6.07) is 9.35. The number of nitrogens with zero attached hydrogens (tertiary/aromatic N) is 2. The molecule has 2 fully saturated rings. The molecule has 0 aromatic heterocycles. The number of benzene rings is 1. The van der Waals surface area contributed by atoms with Crippen LogP contribution in [-0.2, 0) is 0 Å². The van der Waals surface area contributed by atoms with Crippen molar-refractivity contribution in [2.75, 3.05) is 51.2 Å². The van der Waals surface area contributed by atoms with E-state index in [0.717, 1.165) is 32.1 Å². The third kappa shape index (κ3) is 3.10. The molecule has 2 aliphatic heterocycles. The second-order valence-electron chi connectivity index (χ2n) is 5.91. The molecule has 0 bridgehead atoms. The smallest absolute Gasteiger partial charge is 0.0367 e. The first-order valence-corrected chi connectivity index (χ1v) is 7.57. The van der Waals surface area contributed by atoms with Gasteiger partial charge in [0.05, 0.1) is 0 Å². The Labute approximate surface area is 116 Å². The van der Waals surface area contributed by atoms with E-state index in [1.165, 1.54) is 37.2 Å². The van der Waals surface area contributed by atoms with Crippen LogP contribution >= 0.6 is 0 Å². The number of rotatable bonds is 2. The Balaban J connectivity index is 1.65. The zero-order valence-electron chi connectivity index (χ0n) is 11.9. The highest BCUT2D eigenvalue weighted by molar-refractivity contribution is 5.48. The largest absolute Gasteiger partial charge is 0.369 e. The Morgan fingerprint density at radius 3 is 2.21 bits per heavy atom. The number of hydrogen-bond acceptors (Lipinski definition) is 3. The highest BCUT2D eigenvalue weighted by Crippen LogP contribution is 2.28. The first kappa shape index (κ1) is 12.9. The average Bonchev–Trinajstić information content (AvgIpc) is 2.49. The lowest BCUT2D eigenvalue weighted by molar-refractivity contribution is 0.255. The highest BCUT2D eigenvalue weighted by atomic mass is 15.2. The van der Waals surface area contributed by atoms with Crippen LogP contribution in [-0.4, -0.2) is 51.2 Å². The Hall–Kier alpha value is -1.06. The highest BCUT2D eigenvalue weighted by Gasteiger charge is 2.18. The fraction of sp³-hybridized carbons (Fsp3) is 0.625. The van der Waals surface area contributed by atoms with Gasteiger partial charge in [0, 0.05) is 31.9 Å². The number of piperazine rings is 1. The van der Waals surface area contributed by atoms with Crippen LogP contribution in [0.5, 0.6) is 0 Å². The van der Waals surface area contributed by atoms with E-state index in [2.05, 4.69) is 46.4 Å². The van der Waals surface area contributed by atoms with E-state index in [1.807, 2.05) is 0 Å². The summed E-state index contributed by atoms with van der Waals surface area (Å²) < 4.78 is 0. The second kappa shape index (κ2) is 5.93. The maximum Gasteiger partial charge on any atom is 0.0367 e. The summed E-state index contributed by atoms with van der Waals surface area (Å²) in [5.41, 5.74) is 2.92. The Morgan fingerprint density at radius 1 is 0.947 bits per heavy atom. The monoisotopic (exact) mass is 259 g/mol. The van der Waals surface area contributed by atoms with Crippen LogP contribution in [0.4, 0.5) is 5.69 Å². The number of anilines is 1. The summed E-state index contributed by atoms with van der Waals surface area (Å²) in [7, 11) is 2.23. The minimum absolute atomic E-state index is 0.772. The predicted molar refractivity (Wildman–Crippen MR) is 81.0 cm³/mol. The Bertz CT molecular complexity index is 387. The van der Waals surface area contributed by atoms with Gasteiger partial charge in [-0.3, -0.25) is 0 Å². The number of hydrogen-bond donors (Lipinski definition) is 1. The molecule has 1 aromatic rings. The minimum atomic E-state index is 0.772. The van der Waals surface area contributed by atoms with Crippen molar-refractivity contribution in [3.8, 4) is 0 Å². The quantitative estimate of drug-likeness (QED) is 0.875. The molecule has 104 valence electrons. The topological polar surface area (TPSA) is 18.5 Å². The lowest BCUT2D eigenvalue weighted by atomic mass is 9.89. The van der Waals surface area contributed by atoms with Crippen molar-refractivity contribution in [2.45, 2.75) is 18.8 Å². The predicted octanol–water partition coefficient (Wildman–Crippen LogP) is 1.91. The van der Waals surface area contributed by atoms with Crippen LogP contribution in [0.2, 0.25) is 0 Å². The SMILES string of the molecule is CN1CCC(c2ccc(N3CCNCC3)cc2)CC1. The van der Waals surface area contributed by atoms with E-state index >= 15 is 0 Å². The van der Waals surface area contributed by atoms with Crippen molar-refractivity contribution in [2.24, 2.45) is 0 Å². The van der Waals surface area contributed by atoms with Gasteiger partial charge in [0.1, 0.15) is 0 Å². The zero-order chi connectivity index (χ0) is 13.1. The van der Waals surface area contributed by atoms with Gasteiger partial charge in [0.15, 0.2) is 0 Å². The molecular weight excluding hydrogens is 234 g/mol. The fourth-order valence-electron chi connectivity index (χ4n) is 3.22. The number of piperidine rings is 1. The van der Waals surface area contributed by atoms with Gasteiger partial charge in [-0.15, -0.1) is 0 Å². The fourth-order valence-corrected chi connectivity index (χ4v) is 3.22. The van der Waals surface area contributed by atoms with Gasteiger partial charge in [-0.1, -0.05) is 12.1 Å². The van der Waals surface area contributed by atoms with Gasteiger partial charge in [0.2, 0.25) is 0 Å². The molecule has 1 aromatic carbocycles. The number of nitrogens with one attached hydrogen (secondary N) is 1. The Morgan fingerprint density at radius 2 is 1.58 bits per heavy atom. The van der Waals surface area contributed by atoms with Crippen LogP contribution in [0.15, 0.2) is 24.3 Å². The molecule has 0 spiro atoms. The van der Waals surface area contributed by atoms with Crippen LogP contribution in [0.1, 0.15) is 24.3 Å². The molecular formula is C16H25N3. The van der Waals surface area contributed by atoms with Crippen molar-refractivity contribution in [1.29, 1.82) is 0 Å². The average molecular weight is 259 g/mol. The molecule has 3 rings (SSSR count). The standard InChI is InChI=1S/C16H25N3/c1-18-10-6-15(7-11-18)14-2-4-16(5-3-14)19-12-8-17-9-13-19/h2-5,15,17H,6-13H2,1H3. The molecule has 0 radical (unpaired) electrons. The molecule has 0 aliphatic carbocycles. The van der Waals surface area contributed by atoms with Gasteiger partial charge in [0.25, 0.3) is 0 Å². The van der Waals surface area contributed by atoms with Crippen molar-refractivity contribution >= 4 is 5.69 Å². The summed E-state index contributed by atoms with van der Waals surface area (Å²) in [6.07, 6.45) is 2.62. The van der Waals surface area contributed by atoms with Gasteiger partial charge in [-0.25, -0.2) is 0 Å². The van der Waals surface area contributed by atoms with Crippen LogP contribution in [0.3, 0.4) is 0 Å². The van der Waals surface area contributed by atoms with Gasteiger partial charge >= 0.3 is 0 Å². The molecule has 1 N–H and O–H groups in total. The van der Waals surface area contributed by atoms with Crippen molar-refractivity contribution in [3.05, 3.63) is 29.8 Å². The summed E-state index contributed by atoms with van der Waals surface area (Å²) in [4.78, 5) is 4.92. The van der Waals surface area contributed by atoms with Crippen molar-refractivity contribution in [1.82, 2.24) is 10.2 Å². The normalized spacial score (nSPS) is 22.7. The van der Waals surface area contributed by atoms with Crippen LogP contribution in [0.25, 0.3) is 0 Å². The van der Waals surface area contributed by atoms with E-state index in [-0.39, 0.29) is 0 Å². The third-order valence-corrected chi connectivity index (χ3v) is 4.57. The summed E-state index contributed by atoms with van der Waals surface area (Å²) in [5.74, 6) is 0.772. The molecule has 2 saturated heterocycles. The summed E-state index contributed by atoms with van der Waals surface area (Å²) in [6.45, 7) is 6.96. The van der Waals surface area contributed by atoms with E-state index in [4.69, 9.17) is 0 Å². The zero-order valence-corrected chi connectivity index (χ0v) is 11.9.